The van der Waals surface area contributed by atoms with E-state index >= 15 is 0 Å². The van der Waals surface area contributed by atoms with Gasteiger partial charge >= 0.3 is 11.9 Å². The number of unbranched alkanes of at least 4 members (excludes halogenated alkanes) is 16. The van der Waals surface area contributed by atoms with Crippen LogP contribution < -0.4 is 0 Å². The molecule has 10 heteroatoms. The maximum Gasteiger partial charge on any atom is 0.306 e. The van der Waals surface area contributed by atoms with Crippen molar-refractivity contribution < 1.29 is 49.0 Å². The van der Waals surface area contributed by atoms with Crippen molar-refractivity contribution in [1.29, 1.82) is 0 Å². The molecule has 338 valence electrons. The van der Waals surface area contributed by atoms with E-state index in [-0.39, 0.29) is 26.1 Å². The fourth-order valence-corrected chi connectivity index (χ4v) is 6.61. The summed E-state index contributed by atoms with van der Waals surface area (Å²) in [6, 6.07) is 0. The Hall–Kier alpha value is -2.86. The maximum atomic E-state index is 12.8. The summed E-state index contributed by atoms with van der Waals surface area (Å²) in [5.74, 6) is -0.851. The smallest absolute Gasteiger partial charge is 0.306 e. The second-order valence-electron chi connectivity index (χ2n) is 15.6. The molecule has 6 atom stereocenters. The van der Waals surface area contributed by atoms with E-state index in [1.807, 2.05) is 6.08 Å². The first-order valence-corrected chi connectivity index (χ1v) is 23.0. The van der Waals surface area contributed by atoms with Gasteiger partial charge in [-0.2, -0.15) is 0 Å². The number of esters is 2. The lowest BCUT2D eigenvalue weighted by molar-refractivity contribution is -0.305. The van der Waals surface area contributed by atoms with Crippen LogP contribution in [0, 0.1) is 0 Å². The van der Waals surface area contributed by atoms with Gasteiger partial charge in [0.25, 0.3) is 0 Å². The molecule has 0 bridgehead atoms. The Morgan fingerprint density at radius 3 is 1.56 bits per heavy atom. The van der Waals surface area contributed by atoms with Crippen molar-refractivity contribution >= 4 is 11.9 Å². The van der Waals surface area contributed by atoms with Gasteiger partial charge in [-0.1, -0.05) is 151 Å². The van der Waals surface area contributed by atoms with Crippen molar-refractivity contribution in [3.05, 3.63) is 73.4 Å². The number of aliphatic hydroxyl groups is 4. The summed E-state index contributed by atoms with van der Waals surface area (Å²) in [5.41, 5.74) is 0. The van der Waals surface area contributed by atoms with E-state index in [1.54, 1.807) is 0 Å². The van der Waals surface area contributed by atoms with Crippen LogP contribution in [0.1, 0.15) is 167 Å². The lowest BCUT2D eigenvalue weighted by Gasteiger charge is -2.39. The number of hydrogen-bond donors (Lipinski definition) is 4. The van der Waals surface area contributed by atoms with Gasteiger partial charge in [-0.05, 0) is 70.6 Å². The van der Waals surface area contributed by atoms with Gasteiger partial charge < -0.3 is 39.4 Å². The monoisotopic (exact) mass is 831 g/mol. The van der Waals surface area contributed by atoms with Gasteiger partial charge in [0.15, 0.2) is 12.4 Å². The Kier molecular flexibility index (Phi) is 36.1. The highest BCUT2D eigenvalue weighted by Crippen LogP contribution is 2.22. The molecule has 0 aromatic carbocycles. The van der Waals surface area contributed by atoms with Crippen LogP contribution in [0.5, 0.6) is 0 Å². The maximum absolute atomic E-state index is 12.8. The Morgan fingerprint density at radius 2 is 1.03 bits per heavy atom. The third-order valence-corrected chi connectivity index (χ3v) is 10.2. The van der Waals surface area contributed by atoms with Gasteiger partial charge in [0.2, 0.25) is 0 Å². The van der Waals surface area contributed by atoms with Crippen molar-refractivity contribution in [1.82, 2.24) is 0 Å². The third kappa shape index (κ3) is 30.8. The third-order valence-electron chi connectivity index (χ3n) is 10.2. The SMILES string of the molecule is C=CCCCCCCCCCCCCCCCC(=O)OC[C@H](CO[C@@H]1O[C@H](CO)[C@H](O)C(O)C1O)OC(=O)CCCCC/C=C/C/C=C/C/C=C/C/C=C/C/C=C/CC. The molecule has 0 radical (unpaired) electrons. The number of carbonyl (C=O) groups excluding carboxylic acids is 2. The van der Waals surface area contributed by atoms with E-state index in [4.69, 9.17) is 18.9 Å². The second-order valence-corrected chi connectivity index (χ2v) is 15.6. The summed E-state index contributed by atoms with van der Waals surface area (Å²) in [6.07, 6.45) is 40.8. The molecule has 1 rings (SSSR count). The first-order chi connectivity index (χ1) is 28.8. The van der Waals surface area contributed by atoms with E-state index in [2.05, 4.69) is 74.3 Å². The van der Waals surface area contributed by atoms with Gasteiger partial charge in [0.1, 0.15) is 31.0 Å². The molecule has 1 heterocycles. The van der Waals surface area contributed by atoms with Crippen LogP contribution in [0.3, 0.4) is 0 Å². The van der Waals surface area contributed by atoms with Crippen molar-refractivity contribution in [2.24, 2.45) is 0 Å². The highest BCUT2D eigenvalue weighted by atomic mass is 16.7. The number of allylic oxidation sites excluding steroid dienone is 11. The van der Waals surface area contributed by atoms with Crippen LogP contribution in [-0.4, -0.2) is 89.0 Å². The molecule has 10 nitrogen and oxygen atoms in total. The number of hydrogen-bond acceptors (Lipinski definition) is 10. The highest BCUT2D eigenvalue weighted by Gasteiger charge is 2.44. The van der Waals surface area contributed by atoms with E-state index < -0.39 is 55.4 Å². The molecule has 1 aliphatic rings. The number of carbonyl (C=O) groups is 2. The number of rotatable bonds is 38. The van der Waals surface area contributed by atoms with Crippen LogP contribution in [0.15, 0.2) is 73.4 Å². The molecule has 1 fully saturated rings. The Labute approximate surface area is 357 Å². The van der Waals surface area contributed by atoms with Gasteiger partial charge in [0.05, 0.1) is 13.2 Å². The zero-order valence-electron chi connectivity index (χ0n) is 36.6. The topological polar surface area (TPSA) is 152 Å². The fourth-order valence-electron chi connectivity index (χ4n) is 6.61. The van der Waals surface area contributed by atoms with Crippen molar-refractivity contribution in [3.8, 4) is 0 Å². The predicted molar refractivity (Wildman–Crippen MR) is 238 cm³/mol. The summed E-state index contributed by atoms with van der Waals surface area (Å²) in [7, 11) is 0. The van der Waals surface area contributed by atoms with Crippen molar-refractivity contribution in [3.63, 3.8) is 0 Å². The van der Waals surface area contributed by atoms with Crippen molar-refractivity contribution in [2.45, 2.75) is 204 Å². The second kappa shape index (κ2) is 39.3. The van der Waals surface area contributed by atoms with Gasteiger partial charge in [-0.25, -0.2) is 0 Å². The van der Waals surface area contributed by atoms with E-state index in [1.165, 1.54) is 57.8 Å². The first kappa shape index (κ1) is 54.2. The van der Waals surface area contributed by atoms with Crippen LogP contribution in [0.4, 0.5) is 0 Å². The zero-order valence-corrected chi connectivity index (χ0v) is 36.6. The van der Waals surface area contributed by atoms with Crippen LogP contribution in [0.2, 0.25) is 0 Å². The molecule has 1 saturated heterocycles. The van der Waals surface area contributed by atoms with Gasteiger partial charge in [0, 0.05) is 12.8 Å². The fraction of sp³-hybridized carbons (Fsp3) is 0.714. The summed E-state index contributed by atoms with van der Waals surface area (Å²) in [5, 5.41) is 40.1. The minimum atomic E-state index is -1.60. The van der Waals surface area contributed by atoms with Crippen LogP contribution in [-0.2, 0) is 28.5 Å². The quantitative estimate of drug-likeness (QED) is 0.0269. The Bertz CT molecular complexity index is 1180. The average Bonchev–Trinajstić information content (AvgIpc) is 3.23. The summed E-state index contributed by atoms with van der Waals surface area (Å²) in [6.45, 7) is 4.79. The zero-order chi connectivity index (χ0) is 43.0. The van der Waals surface area contributed by atoms with Crippen LogP contribution >= 0.6 is 0 Å². The Balaban J connectivity index is 2.35. The average molecular weight is 831 g/mol. The normalized spacial score (nSPS) is 20.5. The summed E-state index contributed by atoms with van der Waals surface area (Å²) >= 11 is 0. The van der Waals surface area contributed by atoms with E-state index in [0.717, 1.165) is 83.5 Å². The molecule has 1 aliphatic heterocycles. The molecular weight excluding hydrogens is 749 g/mol. The standard InChI is InChI=1S/C49H82O10/c1-3-5-7-9-11-13-15-17-19-20-21-22-24-26-28-30-32-34-36-38-45(52)58-42(41-57-49-48(55)47(54)46(53)43(39-50)59-49)40-56-44(51)37-35-33-31-29-27-25-23-18-16-14-12-10-8-6-4-2/h4-5,7,11,13,17,19,21-22,26,28,42-43,46-50,53-55H,2-3,6,8-10,12,14-16,18,20,23-25,27,29-41H2,1H3/b7-5+,13-11+,19-17+,22-21+,28-26+/t42-,43-,46+,47?,48?,49-/m1/s1. The molecule has 0 aliphatic carbocycles. The molecule has 4 N–H and O–H groups in total. The van der Waals surface area contributed by atoms with E-state index in [9.17, 15) is 30.0 Å². The molecule has 0 saturated carbocycles. The Morgan fingerprint density at radius 1 is 0.576 bits per heavy atom. The van der Waals surface area contributed by atoms with E-state index in [0.29, 0.717) is 6.42 Å². The summed E-state index contributed by atoms with van der Waals surface area (Å²) in [4.78, 5) is 25.3. The molecule has 0 aromatic rings. The van der Waals surface area contributed by atoms with Crippen LogP contribution in [0.25, 0.3) is 0 Å². The highest BCUT2D eigenvalue weighted by molar-refractivity contribution is 5.70. The van der Waals surface area contributed by atoms with Gasteiger partial charge in [-0.15, -0.1) is 6.58 Å². The number of aliphatic hydroxyl groups excluding tert-OH is 4. The van der Waals surface area contributed by atoms with Crippen molar-refractivity contribution in [2.75, 3.05) is 19.8 Å². The lowest BCUT2D eigenvalue weighted by atomic mass is 9.99. The lowest BCUT2D eigenvalue weighted by Crippen LogP contribution is -2.59. The first-order valence-electron chi connectivity index (χ1n) is 23.0. The predicted octanol–water partition coefficient (Wildman–Crippen LogP) is 10.00. The molecular formula is C49H82O10. The molecule has 2 unspecified atom stereocenters. The molecule has 0 amide bonds. The van der Waals surface area contributed by atoms with Gasteiger partial charge in [-0.3, -0.25) is 9.59 Å². The summed E-state index contributed by atoms with van der Waals surface area (Å²) < 4.78 is 22.1. The molecule has 59 heavy (non-hydrogen) atoms. The minimum Gasteiger partial charge on any atom is -0.462 e. The minimum absolute atomic E-state index is 0.187. The largest absolute Gasteiger partial charge is 0.462 e. The molecule has 0 aromatic heterocycles. The molecule has 0 spiro atoms. The number of ether oxygens (including phenoxy) is 4.